The van der Waals surface area contributed by atoms with Crippen LogP contribution >= 0.6 is 27.7 Å². The number of thioether (sulfide) groups is 1. The number of carbonyl (C=O) groups is 4. The highest BCUT2D eigenvalue weighted by Crippen LogP contribution is 2.28. The lowest BCUT2D eigenvalue weighted by atomic mass is 10.0. The Kier molecular flexibility index (Phi) is 8.26. The molecule has 3 rings (SSSR count). The SMILES string of the molecule is CC(Sc1cccc(NC(=O)c2ccc(C(=O)O)cc2C(=O)O)c1)C(=O)Nc1ccc(Br)cc1F. The number of nitrogens with one attached hydrogen (secondary N) is 2. The first kappa shape index (κ1) is 25.9. The van der Waals surface area contributed by atoms with Crippen LogP contribution in [0.2, 0.25) is 0 Å². The van der Waals surface area contributed by atoms with E-state index in [0.717, 1.165) is 18.2 Å². The highest BCUT2D eigenvalue weighted by atomic mass is 79.9. The molecule has 0 radical (unpaired) electrons. The molecule has 0 aromatic heterocycles. The van der Waals surface area contributed by atoms with Crippen LogP contribution in [0.4, 0.5) is 15.8 Å². The Labute approximate surface area is 211 Å². The molecule has 8 nitrogen and oxygen atoms in total. The number of carbonyl (C=O) groups excluding carboxylic acids is 2. The van der Waals surface area contributed by atoms with Gasteiger partial charge in [-0.25, -0.2) is 14.0 Å². The first-order valence-corrected chi connectivity index (χ1v) is 11.7. The van der Waals surface area contributed by atoms with E-state index in [1.165, 1.54) is 23.9 Å². The molecule has 35 heavy (non-hydrogen) atoms. The maximum atomic E-state index is 14.0. The Hall–Kier alpha value is -3.70. The Bertz CT molecular complexity index is 1330. The molecule has 0 aliphatic rings. The minimum Gasteiger partial charge on any atom is -0.478 e. The monoisotopic (exact) mass is 560 g/mol. The summed E-state index contributed by atoms with van der Waals surface area (Å²) in [7, 11) is 0. The van der Waals surface area contributed by atoms with E-state index in [0.29, 0.717) is 15.1 Å². The number of amides is 2. The predicted octanol–water partition coefficient (Wildman–Crippen LogP) is 5.36. The Balaban J connectivity index is 1.71. The first-order valence-electron chi connectivity index (χ1n) is 9.99. The van der Waals surface area contributed by atoms with Crippen LogP contribution in [0.1, 0.15) is 38.0 Å². The summed E-state index contributed by atoms with van der Waals surface area (Å²) >= 11 is 4.33. The summed E-state index contributed by atoms with van der Waals surface area (Å²) in [5.41, 5.74) is -0.518. The normalized spacial score (nSPS) is 11.4. The lowest BCUT2D eigenvalue weighted by Gasteiger charge is -2.14. The number of hydrogen-bond donors (Lipinski definition) is 4. The zero-order valence-corrected chi connectivity index (χ0v) is 20.4. The number of carboxylic acids is 2. The highest BCUT2D eigenvalue weighted by Gasteiger charge is 2.20. The fourth-order valence-electron chi connectivity index (χ4n) is 2.98. The number of carboxylic acid groups (broad SMARTS) is 2. The summed E-state index contributed by atoms with van der Waals surface area (Å²) in [5, 5.41) is 22.9. The van der Waals surface area contributed by atoms with Gasteiger partial charge in [0.25, 0.3) is 5.91 Å². The van der Waals surface area contributed by atoms with Gasteiger partial charge in [-0.2, -0.15) is 0 Å². The van der Waals surface area contributed by atoms with Gasteiger partial charge in [0.1, 0.15) is 5.82 Å². The second-order valence-corrected chi connectivity index (χ2v) is 9.56. The van der Waals surface area contributed by atoms with Gasteiger partial charge < -0.3 is 20.8 Å². The van der Waals surface area contributed by atoms with E-state index in [2.05, 4.69) is 26.6 Å². The molecule has 1 atom stereocenters. The standard InChI is InChI=1S/C24H18BrFN2O6S/c1-12(21(29)28-20-8-6-14(25)10-19(20)26)35-16-4-2-3-15(11-16)27-22(30)17-7-5-13(23(31)32)9-18(17)24(33)34/h2-12H,1H3,(H,27,30)(H,28,29)(H,31,32)(H,33,34). The third kappa shape index (κ3) is 6.67. The van der Waals surface area contributed by atoms with Gasteiger partial charge in [0.05, 0.1) is 27.6 Å². The van der Waals surface area contributed by atoms with Gasteiger partial charge in [-0.3, -0.25) is 9.59 Å². The van der Waals surface area contributed by atoms with Crippen molar-refractivity contribution in [3.05, 3.63) is 87.6 Å². The average molecular weight is 561 g/mol. The minimum absolute atomic E-state index is 0.0508. The van der Waals surface area contributed by atoms with E-state index in [-0.39, 0.29) is 16.8 Å². The summed E-state index contributed by atoms with van der Waals surface area (Å²) in [4.78, 5) is 48.4. The Morgan fingerprint density at radius 1 is 0.914 bits per heavy atom. The topological polar surface area (TPSA) is 133 Å². The summed E-state index contributed by atoms with van der Waals surface area (Å²) < 4.78 is 14.5. The van der Waals surface area contributed by atoms with Crippen LogP contribution in [0, 0.1) is 5.82 Å². The van der Waals surface area contributed by atoms with Gasteiger partial charge in [-0.1, -0.05) is 22.0 Å². The summed E-state index contributed by atoms with van der Waals surface area (Å²) in [6.07, 6.45) is 0. The maximum absolute atomic E-state index is 14.0. The molecule has 0 aliphatic carbocycles. The molecule has 3 aromatic carbocycles. The summed E-state index contributed by atoms with van der Waals surface area (Å²) in [5.74, 6) is -4.49. The summed E-state index contributed by atoms with van der Waals surface area (Å²) in [6, 6.07) is 14.0. The van der Waals surface area contributed by atoms with Crippen LogP contribution in [0.3, 0.4) is 0 Å². The zero-order valence-electron chi connectivity index (χ0n) is 18.0. The predicted molar refractivity (Wildman–Crippen MR) is 133 cm³/mol. The smallest absolute Gasteiger partial charge is 0.336 e. The fraction of sp³-hybridized carbons (Fsp3) is 0.0833. The van der Waals surface area contributed by atoms with Crippen molar-refractivity contribution in [2.75, 3.05) is 10.6 Å². The van der Waals surface area contributed by atoms with Crippen molar-refractivity contribution in [1.29, 1.82) is 0 Å². The van der Waals surface area contributed by atoms with Crippen molar-refractivity contribution >= 4 is 62.8 Å². The van der Waals surface area contributed by atoms with Crippen molar-refractivity contribution in [3.8, 4) is 0 Å². The van der Waals surface area contributed by atoms with Crippen molar-refractivity contribution in [1.82, 2.24) is 0 Å². The maximum Gasteiger partial charge on any atom is 0.336 e. The quantitative estimate of drug-likeness (QED) is 0.273. The molecule has 0 aliphatic heterocycles. The molecule has 0 heterocycles. The van der Waals surface area contributed by atoms with Crippen molar-refractivity contribution in [2.24, 2.45) is 0 Å². The van der Waals surface area contributed by atoms with Gasteiger partial charge in [0, 0.05) is 15.1 Å². The van der Waals surface area contributed by atoms with Gasteiger partial charge in [0.2, 0.25) is 5.91 Å². The number of rotatable bonds is 8. The van der Waals surface area contributed by atoms with E-state index in [1.54, 1.807) is 37.3 Å². The molecule has 0 fully saturated rings. The Morgan fingerprint density at radius 3 is 2.31 bits per heavy atom. The van der Waals surface area contributed by atoms with Crippen molar-refractivity contribution < 1.29 is 33.8 Å². The molecular weight excluding hydrogens is 543 g/mol. The molecule has 2 amide bonds. The van der Waals surface area contributed by atoms with E-state index in [4.69, 9.17) is 5.11 Å². The zero-order chi connectivity index (χ0) is 25.7. The minimum atomic E-state index is -1.44. The number of benzene rings is 3. The third-order valence-electron chi connectivity index (χ3n) is 4.70. The van der Waals surface area contributed by atoms with Crippen LogP contribution in [0.15, 0.2) is 70.0 Å². The van der Waals surface area contributed by atoms with Crippen LogP contribution < -0.4 is 10.6 Å². The average Bonchev–Trinajstić information content (AvgIpc) is 2.80. The van der Waals surface area contributed by atoms with Gasteiger partial charge in [-0.05, 0) is 61.5 Å². The number of anilines is 2. The van der Waals surface area contributed by atoms with E-state index < -0.39 is 40.4 Å². The lowest BCUT2D eigenvalue weighted by molar-refractivity contribution is -0.115. The molecule has 0 saturated carbocycles. The highest BCUT2D eigenvalue weighted by molar-refractivity contribution is 9.10. The van der Waals surface area contributed by atoms with Crippen molar-refractivity contribution in [3.63, 3.8) is 0 Å². The number of hydrogen-bond acceptors (Lipinski definition) is 5. The van der Waals surface area contributed by atoms with Crippen molar-refractivity contribution in [2.45, 2.75) is 17.1 Å². The molecule has 1 unspecified atom stereocenters. The largest absolute Gasteiger partial charge is 0.478 e. The molecule has 4 N–H and O–H groups in total. The van der Waals surface area contributed by atoms with Crippen LogP contribution in [0.25, 0.3) is 0 Å². The second-order valence-electron chi connectivity index (χ2n) is 7.23. The second kappa shape index (κ2) is 11.2. The van der Waals surface area contributed by atoms with Crippen LogP contribution in [-0.4, -0.2) is 39.2 Å². The van der Waals surface area contributed by atoms with E-state index >= 15 is 0 Å². The molecular formula is C24H18BrFN2O6S. The molecule has 11 heteroatoms. The molecule has 3 aromatic rings. The van der Waals surface area contributed by atoms with Gasteiger partial charge >= 0.3 is 11.9 Å². The first-order chi connectivity index (χ1) is 16.5. The van der Waals surface area contributed by atoms with Gasteiger partial charge in [0.15, 0.2) is 0 Å². The number of halogens is 2. The summed E-state index contributed by atoms with van der Waals surface area (Å²) in [6.45, 7) is 1.64. The lowest BCUT2D eigenvalue weighted by Crippen LogP contribution is -2.23. The fourth-order valence-corrected chi connectivity index (χ4v) is 4.24. The van der Waals surface area contributed by atoms with Crippen LogP contribution in [-0.2, 0) is 4.79 Å². The molecule has 180 valence electrons. The molecule has 0 saturated heterocycles. The van der Waals surface area contributed by atoms with Crippen LogP contribution in [0.5, 0.6) is 0 Å². The van der Waals surface area contributed by atoms with Gasteiger partial charge in [-0.15, -0.1) is 11.8 Å². The molecule has 0 spiro atoms. The van der Waals surface area contributed by atoms with E-state index in [1.807, 2.05) is 0 Å². The van der Waals surface area contributed by atoms with E-state index in [9.17, 15) is 28.7 Å². The molecule has 0 bridgehead atoms. The third-order valence-corrected chi connectivity index (χ3v) is 6.29. The Morgan fingerprint density at radius 2 is 1.66 bits per heavy atom. The number of aromatic carboxylic acids is 2.